The lowest BCUT2D eigenvalue weighted by Crippen LogP contribution is -2.19. The zero-order valence-electron chi connectivity index (χ0n) is 12.9. The van der Waals surface area contributed by atoms with E-state index in [1.807, 2.05) is 11.4 Å². The molecule has 0 saturated carbocycles. The predicted octanol–water partition coefficient (Wildman–Crippen LogP) is 4.47. The number of alkyl halides is 2. The van der Waals surface area contributed by atoms with Crippen LogP contribution in [0.15, 0.2) is 17.5 Å². The van der Waals surface area contributed by atoms with Crippen LogP contribution in [0.2, 0.25) is 0 Å². The molecular formula is C16H20F2N2OS. The summed E-state index contributed by atoms with van der Waals surface area (Å²) in [6.07, 6.45) is -0.869. The Morgan fingerprint density at radius 3 is 2.64 bits per heavy atom. The zero-order chi connectivity index (χ0) is 16.4. The Hall–Kier alpha value is -1.69. The van der Waals surface area contributed by atoms with Crippen LogP contribution in [0.4, 0.5) is 8.78 Å². The third kappa shape index (κ3) is 3.21. The number of thiophene rings is 1. The number of amides is 1. The summed E-state index contributed by atoms with van der Waals surface area (Å²) in [5.41, 5.74) is 6.31. The van der Waals surface area contributed by atoms with Gasteiger partial charge < -0.3 is 10.3 Å². The Morgan fingerprint density at radius 2 is 2.09 bits per heavy atom. The van der Waals surface area contributed by atoms with Crippen molar-refractivity contribution in [3.63, 3.8) is 0 Å². The Labute approximate surface area is 132 Å². The molecule has 0 aliphatic rings. The van der Waals surface area contributed by atoms with Crippen molar-refractivity contribution in [2.45, 2.75) is 40.0 Å². The smallest absolute Gasteiger partial charge is 0.266 e. The van der Waals surface area contributed by atoms with Gasteiger partial charge in [0.15, 0.2) is 0 Å². The summed E-state index contributed by atoms with van der Waals surface area (Å²) < 4.78 is 27.9. The first-order chi connectivity index (χ1) is 10.3. The first kappa shape index (κ1) is 16.7. The molecule has 2 rings (SSSR count). The first-order valence-electron chi connectivity index (χ1n) is 7.19. The quantitative estimate of drug-likeness (QED) is 0.836. The molecule has 0 aliphatic heterocycles. The number of halogens is 2. The summed E-state index contributed by atoms with van der Waals surface area (Å²) in [6, 6.07) is 3.20. The highest BCUT2D eigenvalue weighted by molar-refractivity contribution is 7.10. The summed E-state index contributed by atoms with van der Waals surface area (Å²) in [4.78, 5) is 12.8. The van der Waals surface area contributed by atoms with Crippen LogP contribution in [-0.4, -0.2) is 10.5 Å². The van der Waals surface area contributed by atoms with Crippen LogP contribution in [0.5, 0.6) is 0 Å². The van der Waals surface area contributed by atoms with Crippen LogP contribution < -0.4 is 5.73 Å². The van der Waals surface area contributed by atoms with E-state index in [2.05, 4.69) is 13.8 Å². The van der Waals surface area contributed by atoms with Crippen LogP contribution in [0, 0.1) is 12.8 Å². The molecule has 2 heterocycles. The van der Waals surface area contributed by atoms with Gasteiger partial charge >= 0.3 is 0 Å². The van der Waals surface area contributed by atoms with Crippen molar-refractivity contribution in [3.8, 4) is 5.69 Å². The molecule has 2 aromatic heterocycles. The van der Waals surface area contributed by atoms with Gasteiger partial charge in [-0.2, -0.15) is 0 Å². The van der Waals surface area contributed by atoms with E-state index in [1.165, 1.54) is 6.07 Å². The Kier molecular flexibility index (Phi) is 5.01. The highest BCUT2D eigenvalue weighted by Gasteiger charge is 2.25. The summed E-state index contributed by atoms with van der Waals surface area (Å²) in [5, 5.41) is 1.91. The molecule has 0 radical (unpaired) electrons. The molecule has 3 nitrogen and oxygen atoms in total. The molecule has 0 aromatic carbocycles. The van der Waals surface area contributed by atoms with Gasteiger partial charge in [0, 0.05) is 16.1 Å². The Balaban J connectivity index is 2.54. The number of nitrogens with zero attached hydrogens (tertiary/aromatic N) is 1. The topological polar surface area (TPSA) is 48.0 Å². The van der Waals surface area contributed by atoms with Crippen molar-refractivity contribution in [1.29, 1.82) is 0 Å². The molecule has 0 saturated heterocycles. The van der Waals surface area contributed by atoms with Crippen LogP contribution in [0.3, 0.4) is 0 Å². The summed E-state index contributed by atoms with van der Waals surface area (Å²) in [5.74, 6) is -0.280. The average molecular weight is 326 g/mol. The van der Waals surface area contributed by atoms with Gasteiger partial charge in [0.05, 0.1) is 5.69 Å². The lowest BCUT2D eigenvalue weighted by molar-refractivity contribution is 0.0979. The van der Waals surface area contributed by atoms with Crippen LogP contribution >= 0.6 is 11.3 Å². The number of nitrogens with two attached hydrogens (primary N) is 1. The van der Waals surface area contributed by atoms with Gasteiger partial charge in [-0.25, -0.2) is 8.78 Å². The number of hydrogen-bond donors (Lipinski definition) is 1. The minimum atomic E-state index is -2.72. The molecule has 120 valence electrons. The molecule has 0 fully saturated rings. The van der Waals surface area contributed by atoms with E-state index in [4.69, 9.17) is 5.73 Å². The fourth-order valence-electron chi connectivity index (χ4n) is 2.53. The lowest BCUT2D eigenvalue weighted by Gasteiger charge is -2.12. The van der Waals surface area contributed by atoms with Crippen LogP contribution in [0.1, 0.15) is 53.3 Å². The molecule has 0 atom stereocenters. The van der Waals surface area contributed by atoms with Gasteiger partial charge in [0.2, 0.25) is 0 Å². The van der Waals surface area contributed by atoms with Crippen LogP contribution in [-0.2, 0) is 6.42 Å². The van der Waals surface area contributed by atoms with Gasteiger partial charge in [-0.05, 0) is 43.2 Å². The standard InChI is InChI=1S/C16H20F2N2OS/c1-9(2)4-5-13-12(6-7-22-13)20-10(3)8-11(15(17)18)14(20)16(19)21/h6-9,15H,4-5H2,1-3H3,(H2,19,21). The minimum absolute atomic E-state index is 0.114. The number of carbonyl (C=O) groups excluding carboxylic acids is 1. The Morgan fingerprint density at radius 1 is 1.41 bits per heavy atom. The number of hydrogen-bond acceptors (Lipinski definition) is 2. The summed E-state index contributed by atoms with van der Waals surface area (Å²) in [7, 11) is 0. The first-order valence-corrected chi connectivity index (χ1v) is 8.07. The molecule has 2 aromatic rings. The number of carbonyl (C=O) groups is 1. The molecule has 2 N–H and O–H groups in total. The number of rotatable bonds is 6. The number of aryl methyl sites for hydroxylation is 2. The molecule has 0 spiro atoms. The molecule has 0 unspecified atom stereocenters. The van der Waals surface area contributed by atoms with E-state index in [0.717, 1.165) is 23.4 Å². The van der Waals surface area contributed by atoms with E-state index in [-0.39, 0.29) is 11.3 Å². The molecular weight excluding hydrogens is 306 g/mol. The fraction of sp³-hybridized carbons (Fsp3) is 0.438. The van der Waals surface area contributed by atoms with Crippen molar-refractivity contribution in [3.05, 3.63) is 39.3 Å². The van der Waals surface area contributed by atoms with E-state index < -0.39 is 12.3 Å². The highest BCUT2D eigenvalue weighted by Crippen LogP contribution is 2.32. The molecule has 22 heavy (non-hydrogen) atoms. The lowest BCUT2D eigenvalue weighted by atomic mass is 10.1. The summed E-state index contributed by atoms with van der Waals surface area (Å²) >= 11 is 1.57. The molecule has 1 amide bonds. The highest BCUT2D eigenvalue weighted by atomic mass is 32.1. The predicted molar refractivity (Wildman–Crippen MR) is 85.0 cm³/mol. The van der Waals surface area contributed by atoms with E-state index >= 15 is 0 Å². The SMILES string of the molecule is Cc1cc(C(F)F)c(C(N)=O)n1-c1ccsc1CCC(C)C. The largest absolute Gasteiger partial charge is 0.364 e. The van der Waals surface area contributed by atoms with Gasteiger partial charge in [0.25, 0.3) is 12.3 Å². The van der Waals surface area contributed by atoms with Gasteiger partial charge in [-0.15, -0.1) is 11.3 Å². The van der Waals surface area contributed by atoms with Crippen molar-refractivity contribution in [2.75, 3.05) is 0 Å². The second kappa shape index (κ2) is 6.60. The van der Waals surface area contributed by atoms with Crippen molar-refractivity contribution >= 4 is 17.2 Å². The van der Waals surface area contributed by atoms with Gasteiger partial charge in [0.1, 0.15) is 5.69 Å². The van der Waals surface area contributed by atoms with Crippen molar-refractivity contribution in [1.82, 2.24) is 4.57 Å². The van der Waals surface area contributed by atoms with E-state index in [1.54, 1.807) is 22.8 Å². The number of aromatic nitrogens is 1. The van der Waals surface area contributed by atoms with E-state index in [0.29, 0.717) is 11.6 Å². The molecule has 0 bridgehead atoms. The monoisotopic (exact) mass is 326 g/mol. The summed E-state index contributed by atoms with van der Waals surface area (Å²) in [6.45, 7) is 5.98. The molecule has 6 heteroatoms. The van der Waals surface area contributed by atoms with Gasteiger partial charge in [-0.1, -0.05) is 13.8 Å². The van der Waals surface area contributed by atoms with Gasteiger partial charge in [-0.3, -0.25) is 4.79 Å². The van der Waals surface area contributed by atoms with Crippen LogP contribution in [0.25, 0.3) is 5.69 Å². The third-order valence-electron chi connectivity index (χ3n) is 3.59. The number of primary amides is 1. The van der Waals surface area contributed by atoms with E-state index in [9.17, 15) is 13.6 Å². The fourth-order valence-corrected chi connectivity index (χ4v) is 3.41. The second-order valence-corrected chi connectivity index (χ2v) is 6.75. The molecule has 0 aliphatic carbocycles. The zero-order valence-corrected chi connectivity index (χ0v) is 13.7. The second-order valence-electron chi connectivity index (χ2n) is 5.75. The maximum atomic E-state index is 13.2. The third-order valence-corrected chi connectivity index (χ3v) is 4.56. The average Bonchev–Trinajstić information content (AvgIpc) is 2.99. The minimum Gasteiger partial charge on any atom is -0.364 e. The maximum Gasteiger partial charge on any atom is 0.266 e. The maximum absolute atomic E-state index is 13.2. The normalized spacial score (nSPS) is 11.6. The van der Waals surface area contributed by atoms with Crippen molar-refractivity contribution in [2.24, 2.45) is 11.7 Å². The van der Waals surface area contributed by atoms with Crippen molar-refractivity contribution < 1.29 is 13.6 Å². The Bertz CT molecular complexity index is 674.